The molecule has 1 fully saturated rings. The average molecular weight is 489 g/mol. The molecule has 1 N–H and O–H groups in total. The van der Waals surface area contributed by atoms with E-state index in [1.807, 2.05) is 4.90 Å². The maximum absolute atomic E-state index is 13.6. The summed E-state index contributed by atoms with van der Waals surface area (Å²) < 4.78 is 77.6. The highest BCUT2D eigenvalue weighted by atomic mass is 32.2. The first-order valence-corrected chi connectivity index (χ1v) is 12.2. The van der Waals surface area contributed by atoms with Crippen molar-refractivity contribution in [3.63, 3.8) is 0 Å². The third-order valence-corrected chi connectivity index (χ3v) is 7.72. The van der Waals surface area contributed by atoms with Gasteiger partial charge in [0, 0.05) is 30.5 Å². The van der Waals surface area contributed by atoms with Crippen molar-refractivity contribution in [1.82, 2.24) is 14.3 Å². The van der Waals surface area contributed by atoms with Crippen LogP contribution in [0.15, 0.2) is 30.7 Å². The number of methoxy groups -OCH3 is 1. The van der Waals surface area contributed by atoms with E-state index in [1.54, 1.807) is 24.4 Å². The van der Waals surface area contributed by atoms with Gasteiger partial charge in [0.05, 0.1) is 44.4 Å². The van der Waals surface area contributed by atoms with Crippen LogP contribution in [0.25, 0.3) is 0 Å². The van der Waals surface area contributed by atoms with Crippen molar-refractivity contribution < 1.29 is 31.1 Å². The van der Waals surface area contributed by atoms with Crippen molar-refractivity contribution in [2.45, 2.75) is 56.4 Å². The van der Waals surface area contributed by atoms with Crippen LogP contribution in [0.2, 0.25) is 0 Å². The van der Waals surface area contributed by atoms with Crippen LogP contribution in [-0.4, -0.2) is 60.6 Å². The number of benzene rings is 1. The Morgan fingerprint density at radius 1 is 1.24 bits per heavy atom. The number of fused-ring (bicyclic) bond motifs is 1. The third kappa shape index (κ3) is 4.97. The minimum absolute atomic E-state index is 0.0275. The number of halogens is 3. The average Bonchev–Trinajstić information content (AvgIpc) is 3.45. The Hall–Kier alpha value is -2.31. The first kappa shape index (κ1) is 23.8. The molecule has 1 saturated carbocycles. The van der Waals surface area contributed by atoms with Gasteiger partial charge in [-0.15, -0.1) is 0 Å². The van der Waals surface area contributed by atoms with Crippen LogP contribution < -0.4 is 9.64 Å². The molecule has 1 aromatic heterocycles. The topological polar surface area (TPSA) is 87.8 Å². The van der Waals surface area contributed by atoms with Crippen LogP contribution in [-0.2, 0) is 27.8 Å². The Balaban J connectivity index is 1.77. The SMILES string of the molecule is COc1cccc2c1CN(S(=O)(=O)C(F)(F)F)CC(COC1CCCC1)N2Cc1cnc[nH]1. The van der Waals surface area contributed by atoms with Gasteiger partial charge >= 0.3 is 15.5 Å². The summed E-state index contributed by atoms with van der Waals surface area (Å²) in [6, 6.07) is 4.46. The van der Waals surface area contributed by atoms with Crippen LogP contribution in [0.3, 0.4) is 0 Å². The number of ether oxygens (including phenoxy) is 2. The van der Waals surface area contributed by atoms with Gasteiger partial charge in [-0.2, -0.15) is 17.5 Å². The lowest BCUT2D eigenvalue weighted by Crippen LogP contribution is -2.49. The van der Waals surface area contributed by atoms with E-state index in [-0.39, 0.29) is 19.3 Å². The highest BCUT2D eigenvalue weighted by Crippen LogP contribution is 2.39. The molecular formula is C21H27F3N4O4S. The van der Waals surface area contributed by atoms with E-state index < -0.39 is 28.1 Å². The normalized spacial score (nSPS) is 20.6. The van der Waals surface area contributed by atoms with Gasteiger partial charge in [0.1, 0.15) is 5.75 Å². The fourth-order valence-electron chi connectivity index (χ4n) is 4.49. The lowest BCUT2D eigenvalue weighted by atomic mass is 10.1. The number of imidazole rings is 1. The van der Waals surface area contributed by atoms with E-state index in [2.05, 4.69) is 9.97 Å². The summed E-state index contributed by atoms with van der Waals surface area (Å²) in [5.41, 5.74) is -3.70. The molecule has 2 aliphatic rings. The molecule has 2 heterocycles. The zero-order valence-electron chi connectivity index (χ0n) is 18.2. The number of sulfonamides is 1. The Labute approximate surface area is 190 Å². The molecule has 4 rings (SSSR count). The predicted molar refractivity (Wildman–Crippen MR) is 115 cm³/mol. The van der Waals surface area contributed by atoms with Crippen LogP contribution in [0, 0.1) is 0 Å². The molecule has 2 aromatic rings. The van der Waals surface area contributed by atoms with Crippen molar-refractivity contribution in [3.05, 3.63) is 42.0 Å². The fraction of sp³-hybridized carbons (Fsp3) is 0.571. The molecule has 0 amide bonds. The number of nitrogens with one attached hydrogen (secondary N) is 1. The smallest absolute Gasteiger partial charge is 0.496 e. The lowest BCUT2D eigenvalue weighted by molar-refractivity contribution is -0.0495. The molecule has 1 atom stereocenters. The number of nitrogens with zero attached hydrogens (tertiary/aromatic N) is 3. The quantitative estimate of drug-likeness (QED) is 0.643. The zero-order chi connectivity index (χ0) is 23.6. The van der Waals surface area contributed by atoms with Gasteiger partial charge in [-0.1, -0.05) is 18.9 Å². The summed E-state index contributed by atoms with van der Waals surface area (Å²) in [5.74, 6) is 0.321. The number of rotatable bonds is 7. The molecule has 1 aliphatic heterocycles. The first-order valence-electron chi connectivity index (χ1n) is 10.8. The van der Waals surface area contributed by atoms with E-state index in [1.165, 1.54) is 13.4 Å². The maximum Gasteiger partial charge on any atom is 0.511 e. The highest BCUT2D eigenvalue weighted by Gasteiger charge is 2.51. The first-order chi connectivity index (χ1) is 15.7. The van der Waals surface area contributed by atoms with Crippen molar-refractivity contribution in [1.29, 1.82) is 0 Å². The van der Waals surface area contributed by atoms with Crippen LogP contribution in [0.5, 0.6) is 5.75 Å². The highest BCUT2D eigenvalue weighted by molar-refractivity contribution is 7.89. The Morgan fingerprint density at radius 2 is 2.00 bits per heavy atom. The Morgan fingerprint density at radius 3 is 2.64 bits per heavy atom. The monoisotopic (exact) mass is 488 g/mol. The molecule has 1 aromatic carbocycles. The summed E-state index contributed by atoms with van der Waals surface area (Å²) in [6.45, 7) is -0.445. The summed E-state index contributed by atoms with van der Waals surface area (Å²) in [7, 11) is -4.17. The van der Waals surface area contributed by atoms with E-state index in [0.717, 1.165) is 31.4 Å². The van der Waals surface area contributed by atoms with Gasteiger partial charge in [0.2, 0.25) is 0 Å². The summed E-state index contributed by atoms with van der Waals surface area (Å²) >= 11 is 0. The summed E-state index contributed by atoms with van der Waals surface area (Å²) in [4.78, 5) is 8.92. The molecule has 0 spiro atoms. The minimum Gasteiger partial charge on any atom is -0.496 e. The molecule has 8 nitrogen and oxygen atoms in total. The molecular weight excluding hydrogens is 461 g/mol. The van der Waals surface area contributed by atoms with Crippen molar-refractivity contribution in [2.75, 3.05) is 25.2 Å². The van der Waals surface area contributed by atoms with Gasteiger partial charge in [-0.05, 0) is 25.0 Å². The van der Waals surface area contributed by atoms with Crippen LogP contribution in [0.4, 0.5) is 18.9 Å². The third-order valence-electron chi connectivity index (χ3n) is 6.18. The van der Waals surface area contributed by atoms with Gasteiger partial charge < -0.3 is 19.4 Å². The maximum atomic E-state index is 13.6. The molecule has 0 radical (unpaired) electrons. The van der Waals surface area contributed by atoms with Gasteiger partial charge in [-0.25, -0.2) is 13.4 Å². The molecule has 33 heavy (non-hydrogen) atoms. The van der Waals surface area contributed by atoms with Crippen molar-refractivity contribution in [2.24, 2.45) is 0 Å². The summed E-state index contributed by atoms with van der Waals surface area (Å²) in [5, 5.41) is 0. The standard InChI is InChI=1S/C21H27F3N4O4S/c1-31-20-8-4-7-19-18(20)12-27(33(29,30)21(22,23)24)11-16(13-32-17-5-2-3-6-17)28(19)10-15-9-25-14-26-15/h4,7-9,14,16-17H,2-3,5-6,10-13H2,1H3,(H,25,26). The molecule has 182 valence electrons. The van der Waals surface area contributed by atoms with E-state index >= 15 is 0 Å². The number of aromatic amines is 1. The second kappa shape index (κ2) is 9.51. The van der Waals surface area contributed by atoms with E-state index in [9.17, 15) is 21.6 Å². The van der Waals surface area contributed by atoms with E-state index in [4.69, 9.17) is 9.47 Å². The molecule has 0 bridgehead atoms. The lowest BCUT2D eigenvalue weighted by Gasteiger charge is -2.34. The number of alkyl halides is 3. The fourth-order valence-corrected chi connectivity index (χ4v) is 5.45. The van der Waals surface area contributed by atoms with Crippen molar-refractivity contribution >= 4 is 15.7 Å². The predicted octanol–water partition coefficient (Wildman–Crippen LogP) is 3.42. The van der Waals surface area contributed by atoms with Crippen LogP contribution in [0.1, 0.15) is 36.9 Å². The van der Waals surface area contributed by atoms with Gasteiger partial charge in [0.25, 0.3) is 0 Å². The number of hydrogen-bond acceptors (Lipinski definition) is 6. The molecule has 1 unspecified atom stereocenters. The second-order valence-corrected chi connectivity index (χ2v) is 10.2. The summed E-state index contributed by atoms with van der Waals surface area (Å²) in [6.07, 6.45) is 7.04. The Bertz CT molecular complexity index is 1040. The number of anilines is 1. The largest absolute Gasteiger partial charge is 0.511 e. The van der Waals surface area contributed by atoms with E-state index in [0.29, 0.717) is 27.9 Å². The van der Waals surface area contributed by atoms with Gasteiger partial charge in [-0.3, -0.25) is 0 Å². The number of H-pyrrole nitrogens is 1. The molecule has 12 heteroatoms. The Kier molecular flexibility index (Phi) is 6.87. The van der Waals surface area contributed by atoms with Gasteiger partial charge in [0.15, 0.2) is 0 Å². The number of aromatic nitrogens is 2. The minimum atomic E-state index is -5.57. The second-order valence-electron chi connectivity index (χ2n) is 8.30. The zero-order valence-corrected chi connectivity index (χ0v) is 19.0. The number of hydrogen-bond donors (Lipinski definition) is 1. The van der Waals surface area contributed by atoms with Crippen LogP contribution >= 0.6 is 0 Å². The molecule has 0 saturated heterocycles. The molecule has 1 aliphatic carbocycles. The van der Waals surface area contributed by atoms with Crippen molar-refractivity contribution in [3.8, 4) is 5.75 Å².